The molecule has 1 aliphatic heterocycles. The molecule has 184 valence electrons. The van der Waals surface area contributed by atoms with E-state index in [1.54, 1.807) is 58.0 Å². The molecule has 0 bridgehead atoms. The second kappa shape index (κ2) is 9.91. The van der Waals surface area contributed by atoms with Gasteiger partial charge in [-0.1, -0.05) is 24.3 Å². The largest absolute Gasteiger partial charge is 0.493 e. The van der Waals surface area contributed by atoms with Crippen LogP contribution in [-0.4, -0.2) is 42.3 Å². The number of halogens is 1. The predicted octanol–water partition coefficient (Wildman–Crippen LogP) is 5.42. The molecule has 0 aromatic heterocycles. The van der Waals surface area contributed by atoms with Crippen LogP contribution in [0.15, 0.2) is 42.5 Å². The number of ether oxygens (including phenoxy) is 4. The van der Waals surface area contributed by atoms with E-state index in [1.807, 2.05) is 6.07 Å². The number of hydrogen-bond donors (Lipinski definition) is 0. The Morgan fingerprint density at radius 3 is 2.44 bits per heavy atom. The standard InChI is InChI=1S/C26H32FNO6/c1-25(2,3)34-24(30)28-20(13-14-26(28,4)23(29)32-6)17-11-12-21(22(15-17)31-5)33-16-18-9-7-8-10-19(18)27/h7-12,15,20H,13-14,16H2,1-6H3/t20-,26+/m1/s1. The highest BCUT2D eigenvalue weighted by Crippen LogP contribution is 2.45. The molecule has 0 N–H and O–H groups in total. The second-order valence-electron chi connectivity index (χ2n) is 9.46. The maximum Gasteiger partial charge on any atom is 0.411 e. The van der Waals surface area contributed by atoms with Crippen molar-refractivity contribution in [2.24, 2.45) is 0 Å². The summed E-state index contributed by atoms with van der Waals surface area (Å²) in [7, 11) is 2.81. The summed E-state index contributed by atoms with van der Waals surface area (Å²) < 4.78 is 35.9. The van der Waals surface area contributed by atoms with Crippen LogP contribution in [-0.2, 0) is 20.9 Å². The minimum Gasteiger partial charge on any atom is -0.493 e. The normalized spacial score (nSPS) is 20.1. The van der Waals surface area contributed by atoms with Crippen LogP contribution in [0.4, 0.5) is 9.18 Å². The van der Waals surface area contributed by atoms with Gasteiger partial charge in [0.1, 0.15) is 23.6 Å². The van der Waals surface area contributed by atoms with Gasteiger partial charge in [0.15, 0.2) is 11.5 Å². The first kappa shape index (κ1) is 25.3. The van der Waals surface area contributed by atoms with Gasteiger partial charge in [-0.3, -0.25) is 4.90 Å². The first-order valence-electron chi connectivity index (χ1n) is 11.1. The topological polar surface area (TPSA) is 74.3 Å². The Morgan fingerprint density at radius 1 is 1.12 bits per heavy atom. The summed E-state index contributed by atoms with van der Waals surface area (Å²) in [5.74, 6) is 0.0218. The van der Waals surface area contributed by atoms with Crippen molar-refractivity contribution >= 4 is 12.1 Å². The van der Waals surface area contributed by atoms with Gasteiger partial charge in [0.25, 0.3) is 0 Å². The van der Waals surface area contributed by atoms with Crippen LogP contribution in [0.3, 0.4) is 0 Å². The number of nitrogens with zero attached hydrogens (tertiary/aromatic N) is 1. The minimum atomic E-state index is -1.17. The summed E-state index contributed by atoms with van der Waals surface area (Å²) >= 11 is 0. The number of esters is 1. The van der Waals surface area contributed by atoms with E-state index in [1.165, 1.54) is 25.2 Å². The molecule has 0 spiro atoms. The molecule has 0 unspecified atom stereocenters. The molecule has 1 heterocycles. The zero-order valence-electron chi connectivity index (χ0n) is 20.5. The van der Waals surface area contributed by atoms with E-state index >= 15 is 0 Å². The van der Waals surface area contributed by atoms with Crippen LogP contribution in [0.5, 0.6) is 11.5 Å². The lowest BCUT2D eigenvalue weighted by Crippen LogP contribution is -2.53. The van der Waals surface area contributed by atoms with Crippen molar-refractivity contribution < 1.29 is 32.9 Å². The lowest BCUT2D eigenvalue weighted by molar-refractivity contribution is -0.152. The highest BCUT2D eigenvalue weighted by atomic mass is 19.1. The summed E-state index contributed by atoms with van der Waals surface area (Å²) in [4.78, 5) is 27.3. The van der Waals surface area contributed by atoms with Crippen molar-refractivity contribution in [3.05, 3.63) is 59.4 Å². The number of benzene rings is 2. The molecule has 0 radical (unpaired) electrons. The first-order valence-corrected chi connectivity index (χ1v) is 11.1. The Kier molecular flexibility index (Phi) is 7.38. The molecular formula is C26H32FNO6. The summed E-state index contributed by atoms with van der Waals surface area (Å²) in [5.41, 5.74) is -0.721. The third-order valence-corrected chi connectivity index (χ3v) is 5.88. The van der Waals surface area contributed by atoms with Crippen molar-refractivity contribution in [1.82, 2.24) is 4.90 Å². The number of carbonyl (C=O) groups is 2. The van der Waals surface area contributed by atoms with Crippen LogP contribution in [0, 0.1) is 5.82 Å². The molecule has 2 atom stereocenters. The predicted molar refractivity (Wildman–Crippen MR) is 124 cm³/mol. The third kappa shape index (κ3) is 5.26. The summed E-state index contributed by atoms with van der Waals surface area (Å²) in [6.07, 6.45) is 0.350. The van der Waals surface area contributed by atoms with Gasteiger partial charge in [-0.05, 0) is 64.3 Å². The Morgan fingerprint density at radius 2 is 1.82 bits per heavy atom. The van der Waals surface area contributed by atoms with Crippen LogP contribution in [0.1, 0.15) is 57.7 Å². The number of rotatable bonds is 6. The number of carbonyl (C=O) groups excluding carboxylic acids is 2. The van der Waals surface area contributed by atoms with Gasteiger partial charge < -0.3 is 18.9 Å². The lowest BCUT2D eigenvalue weighted by atomic mass is 9.99. The molecule has 34 heavy (non-hydrogen) atoms. The fourth-order valence-electron chi connectivity index (χ4n) is 4.17. The molecule has 2 aromatic rings. The zero-order valence-corrected chi connectivity index (χ0v) is 20.5. The van der Waals surface area contributed by atoms with E-state index in [0.717, 1.165) is 5.56 Å². The summed E-state index contributed by atoms with van der Waals surface area (Å²) in [6, 6.07) is 11.2. The molecule has 2 aromatic carbocycles. The zero-order chi connectivity index (χ0) is 25.1. The monoisotopic (exact) mass is 473 g/mol. The molecule has 7 nitrogen and oxygen atoms in total. The Bertz CT molecular complexity index is 1050. The molecule has 1 amide bonds. The van der Waals surface area contributed by atoms with Crippen molar-refractivity contribution in [3.8, 4) is 11.5 Å². The smallest absolute Gasteiger partial charge is 0.411 e. The van der Waals surface area contributed by atoms with E-state index in [4.69, 9.17) is 18.9 Å². The maximum atomic E-state index is 13.9. The van der Waals surface area contributed by atoms with Crippen LogP contribution in [0.25, 0.3) is 0 Å². The molecule has 1 aliphatic rings. The Balaban J connectivity index is 1.91. The van der Waals surface area contributed by atoms with E-state index < -0.39 is 29.2 Å². The van der Waals surface area contributed by atoms with Crippen LogP contribution in [0.2, 0.25) is 0 Å². The minimum absolute atomic E-state index is 0.0380. The van der Waals surface area contributed by atoms with Crippen molar-refractivity contribution in [2.45, 2.75) is 64.3 Å². The van der Waals surface area contributed by atoms with Gasteiger partial charge in [0.2, 0.25) is 0 Å². The summed E-state index contributed by atoms with van der Waals surface area (Å²) in [5, 5.41) is 0. The SMILES string of the molecule is COC(=O)[C@]1(C)CC[C@H](c2ccc(OCc3ccccc3F)c(OC)c2)N1C(=O)OC(C)(C)C. The third-order valence-electron chi connectivity index (χ3n) is 5.88. The average Bonchev–Trinajstić information content (AvgIpc) is 3.15. The fourth-order valence-corrected chi connectivity index (χ4v) is 4.17. The molecule has 8 heteroatoms. The van der Waals surface area contributed by atoms with Gasteiger partial charge in [-0.15, -0.1) is 0 Å². The van der Waals surface area contributed by atoms with Gasteiger partial charge >= 0.3 is 12.1 Å². The molecule has 0 saturated carbocycles. The van der Waals surface area contributed by atoms with Crippen molar-refractivity contribution in [2.75, 3.05) is 14.2 Å². The summed E-state index contributed by atoms with van der Waals surface area (Å²) in [6.45, 7) is 7.05. The van der Waals surface area contributed by atoms with Gasteiger partial charge in [-0.25, -0.2) is 14.0 Å². The van der Waals surface area contributed by atoms with Gasteiger partial charge in [0, 0.05) is 5.56 Å². The lowest BCUT2D eigenvalue weighted by Gasteiger charge is -2.37. The fraction of sp³-hybridized carbons (Fsp3) is 0.462. The Hall–Kier alpha value is -3.29. The molecule has 0 aliphatic carbocycles. The number of likely N-dealkylation sites (tertiary alicyclic amines) is 1. The van der Waals surface area contributed by atoms with E-state index in [9.17, 15) is 14.0 Å². The second-order valence-corrected chi connectivity index (χ2v) is 9.46. The first-order chi connectivity index (χ1) is 16.0. The average molecular weight is 474 g/mol. The number of methoxy groups -OCH3 is 2. The number of hydrogen-bond acceptors (Lipinski definition) is 6. The highest BCUT2D eigenvalue weighted by molar-refractivity contribution is 5.86. The van der Waals surface area contributed by atoms with Gasteiger partial charge in [0.05, 0.1) is 20.3 Å². The molecule has 1 fully saturated rings. The number of amides is 1. The van der Waals surface area contributed by atoms with Crippen LogP contribution < -0.4 is 9.47 Å². The highest BCUT2D eigenvalue weighted by Gasteiger charge is 2.53. The molecular weight excluding hydrogens is 441 g/mol. The van der Waals surface area contributed by atoms with Crippen molar-refractivity contribution in [1.29, 1.82) is 0 Å². The van der Waals surface area contributed by atoms with Crippen molar-refractivity contribution in [3.63, 3.8) is 0 Å². The van der Waals surface area contributed by atoms with Gasteiger partial charge in [-0.2, -0.15) is 0 Å². The maximum absolute atomic E-state index is 13.9. The van der Waals surface area contributed by atoms with E-state index in [-0.39, 0.29) is 12.4 Å². The van der Waals surface area contributed by atoms with E-state index in [2.05, 4.69) is 0 Å². The quantitative estimate of drug-likeness (QED) is 0.522. The van der Waals surface area contributed by atoms with E-state index in [0.29, 0.717) is 29.9 Å². The molecule has 1 saturated heterocycles. The molecule has 3 rings (SSSR count). The Labute approximate surface area is 199 Å². The van der Waals surface area contributed by atoms with Crippen LogP contribution >= 0.6 is 0 Å².